The van der Waals surface area contributed by atoms with Crippen molar-refractivity contribution in [2.45, 2.75) is 13.2 Å². The van der Waals surface area contributed by atoms with Crippen LogP contribution in [0.4, 0.5) is 0 Å². The number of nitrogens with two attached hydrogens (primary N) is 1. The predicted molar refractivity (Wildman–Crippen MR) is 75.1 cm³/mol. The number of hydrazine groups is 1. The lowest BCUT2D eigenvalue weighted by molar-refractivity contribution is 0.0787. The van der Waals surface area contributed by atoms with Gasteiger partial charge in [-0.05, 0) is 18.2 Å². The van der Waals surface area contributed by atoms with E-state index >= 15 is 0 Å². The number of hydrogen-bond acceptors (Lipinski definition) is 5. The van der Waals surface area contributed by atoms with Gasteiger partial charge in [-0.2, -0.15) is 0 Å². The fourth-order valence-electron chi connectivity index (χ4n) is 2.16. The monoisotopic (exact) mass is 286 g/mol. The summed E-state index contributed by atoms with van der Waals surface area (Å²) in [5.74, 6) is 5.97. The Morgan fingerprint density at radius 1 is 1.19 bits per heavy atom. The molecule has 0 saturated heterocycles. The van der Waals surface area contributed by atoms with Gasteiger partial charge >= 0.3 is 0 Å². The van der Waals surface area contributed by atoms with Crippen molar-refractivity contribution < 1.29 is 18.4 Å². The van der Waals surface area contributed by atoms with Gasteiger partial charge in [-0.25, -0.2) is 5.84 Å². The van der Waals surface area contributed by atoms with Gasteiger partial charge < -0.3 is 13.6 Å². The Kier molecular flexibility index (Phi) is 3.72. The lowest BCUT2D eigenvalue weighted by atomic mass is 10.1. The lowest BCUT2D eigenvalue weighted by Gasteiger charge is -2.03. The zero-order valence-electron chi connectivity index (χ0n) is 11.2. The van der Waals surface area contributed by atoms with Gasteiger partial charge in [0.05, 0.1) is 11.8 Å². The summed E-state index contributed by atoms with van der Waals surface area (Å²) in [6, 6.07) is 10.9. The Labute approximate surface area is 120 Å². The molecule has 2 heterocycles. The van der Waals surface area contributed by atoms with Crippen molar-refractivity contribution in [3.05, 3.63) is 59.7 Å². The normalized spacial score (nSPS) is 10.9. The van der Waals surface area contributed by atoms with Crippen molar-refractivity contribution >= 4 is 16.9 Å². The highest BCUT2D eigenvalue weighted by Gasteiger charge is 2.20. The molecule has 1 aromatic carbocycles. The number of nitrogen functional groups attached to an aromatic ring is 1. The van der Waals surface area contributed by atoms with Gasteiger partial charge in [-0.3, -0.25) is 10.2 Å². The second-order valence-electron chi connectivity index (χ2n) is 4.44. The van der Waals surface area contributed by atoms with Gasteiger partial charge in [0.1, 0.15) is 30.3 Å². The summed E-state index contributed by atoms with van der Waals surface area (Å²) < 4.78 is 16.4. The Morgan fingerprint density at radius 2 is 2.05 bits per heavy atom. The van der Waals surface area contributed by atoms with Gasteiger partial charge in [-0.15, -0.1) is 0 Å². The Hall–Kier alpha value is -2.57. The summed E-state index contributed by atoms with van der Waals surface area (Å²) in [6.45, 7) is 0.450. The molecule has 0 bridgehead atoms. The van der Waals surface area contributed by atoms with Crippen LogP contribution in [-0.2, 0) is 18.0 Å². The van der Waals surface area contributed by atoms with Gasteiger partial charge in [0.15, 0.2) is 0 Å². The van der Waals surface area contributed by atoms with Crippen LogP contribution >= 0.6 is 0 Å². The first-order valence-electron chi connectivity index (χ1n) is 6.41. The number of hydrogen-bond donors (Lipinski definition) is 2. The van der Waals surface area contributed by atoms with Gasteiger partial charge in [-0.1, -0.05) is 18.2 Å². The van der Waals surface area contributed by atoms with Crippen molar-refractivity contribution in [1.82, 2.24) is 5.43 Å². The Bertz CT molecular complexity index is 746. The van der Waals surface area contributed by atoms with E-state index in [4.69, 9.17) is 19.4 Å². The third-order valence-corrected chi connectivity index (χ3v) is 3.08. The van der Waals surface area contributed by atoms with Crippen LogP contribution in [-0.4, -0.2) is 5.91 Å². The van der Waals surface area contributed by atoms with Gasteiger partial charge in [0.2, 0.25) is 0 Å². The van der Waals surface area contributed by atoms with E-state index in [1.54, 1.807) is 24.5 Å². The van der Waals surface area contributed by atoms with Gasteiger partial charge in [0.25, 0.3) is 5.91 Å². The number of fused-ring (bicyclic) bond motifs is 1. The number of ether oxygens (including phenoxy) is 1. The first kappa shape index (κ1) is 13.4. The minimum Gasteiger partial charge on any atom is -0.467 e. The van der Waals surface area contributed by atoms with Crippen LogP contribution in [0, 0.1) is 0 Å². The number of rotatable bonds is 5. The molecular formula is C15H14N2O4. The molecule has 0 aliphatic carbocycles. The minimum absolute atomic E-state index is 0.151. The van der Waals surface area contributed by atoms with E-state index in [9.17, 15) is 4.79 Å². The number of carbonyl (C=O) groups excluding carboxylic acids is 1. The maximum atomic E-state index is 11.9. The molecule has 0 radical (unpaired) electrons. The van der Waals surface area contributed by atoms with Crippen LogP contribution in [0.25, 0.3) is 11.0 Å². The Morgan fingerprint density at radius 3 is 2.81 bits per heavy atom. The van der Waals surface area contributed by atoms with E-state index in [0.29, 0.717) is 34.7 Å². The lowest BCUT2D eigenvalue weighted by Crippen LogP contribution is -2.30. The van der Waals surface area contributed by atoms with Crippen LogP contribution in [0.1, 0.15) is 21.9 Å². The van der Waals surface area contributed by atoms with E-state index in [-0.39, 0.29) is 6.61 Å². The third kappa shape index (κ3) is 2.67. The zero-order valence-corrected chi connectivity index (χ0v) is 11.2. The highest BCUT2D eigenvalue weighted by atomic mass is 16.5. The smallest absolute Gasteiger partial charge is 0.269 e. The first-order valence-corrected chi connectivity index (χ1v) is 6.41. The summed E-state index contributed by atoms with van der Waals surface area (Å²) in [7, 11) is 0. The maximum absolute atomic E-state index is 11.9. The average molecular weight is 286 g/mol. The molecule has 0 fully saturated rings. The summed E-state index contributed by atoms with van der Waals surface area (Å²) in [6.07, 6.45) is 1.58. The summed E-state index contributed by atoms with van der Waals surface area (Å²) >= 11 is 0. The summed E-state index contributed by atoms with van der Waals surface area (Å²) in [4.78, 5) is 11.9. The third-order valence-electron chi connectivity index (χ3n) is 3.08. The molecular weight excluding hydrogens is 272 g/mol. The zero-order chi connectivity index (χ0) is 14.7. The molecule has 0 aliphatic heterocycles. The molecule has 3 aromatic rings. The quantitative estimate of drug-likeness (QED) is 0.427. The van der Waals surface area contributed by atoms with Crippen LogP contribution in [0.3, 0.4) is 0 Å². The molecule has 6 nitrogen and oxygen atoms in total. The molecule has 0 aliphatic rings. The number of para-hydroxylation sites is 1. The van der Waals surface area contributed by atoms with Crippen molar-refractivity contribution in [3.8, 4) is 0 Å². The van der Waals surface area contributed by atoms with E-state index < -0.39 is 5.91 Å². The number of furan rings is 2. The molecule has 1 amide bonds. The standard InChI is InChI=1S/C15H14N2O4/c16-17-15(18)14-11-5-1-2-6-12(11)21-13(14)9-19-8-10-4-3-7-20-10/h1-7H,8-9,16H2,(H,17,18). The highest BCUT2D eigenvalue weighted by molar-refractivity contribution is 6.06. The summed E-state index contributed by atoms with van der Waals surface area (Å²) in [5.41, 5.74) is 3.15. The molecule has 0 unspecified atom stereocenters. The van der Waals surface area contributed by atoms with Crippen molar-refractivity contribution in [2.75, 3.05) is 0 Å². The fourth-order valence-corrected chi connectivity index (χ4v) is 2.16. The predicted octanol–water partition coefficient (Wildman–Crippen LogP) is 2.35. The SMILES string of the molecule is NNC(=O)c1c(COCc2ccco2)oc2ccccc12. The fraction of sp³-hybridized carbons (Fsp3) is 0.133. The molecule has 6 heteroatoms. The molecule has 0 atom stereocenters. The van der Waals surface area contributed by atoms with Crippen molar-refractivity contribution in [2.24, 2.45) is 5.84 Å². The van der Waals surface area contributed by atoms with Crippen LogP contribution in [0.2, 0.25) is 0 Å². The van der Waals surface area contributed by atoms with Crippen molar-refractivity contribution in [1.29, 1.82) is 0 Å². The van der Waals surface area contributed by atoms with E-state index in [0.717, 1.165) is 0 Å². The van der Waals surface area contributed by atoms with E-state index in [1.165, 1.54) is 0 Å². The molecule has 3 N–H and O–H groups in total. The molecule has 3 rings (SSSR count). The number of carbonyl (C=O) groups is 1. The Balaban J connectivity index is 1.84. The molecule has 0 spiro atoms. The largest absolute Gasteiger partial charge is 0.467 e. The average Bonchev–Trinajstić information content (AvgIpc) is 3.13. The molecule has 108 valence electrons. The summed E-state index contributed by atoms with van der Waals surface area (Å²) in [5, 5.41) is 0.706. The maximum Gasteiger partial charge on any atom is 0.269 e. The van der Waals surface area contributed by atoms with E-state index in [1.807, 2.05) is 18.2 Å². The van der Waals surface area contributed by atoms with Crippen LogP contribution in [0.5, 0.6) is 0 Å². The molecule has 21 heavy (non-hydrogen) atoms. The van der Waals surface area contributed by atoms with Crippen LogP contribution < -0.4 is 11.3 Å². The topological polar surface area (TPSA) is 90.6 Å². The highest BCUT2D eigenvalue weighted by Crippen LogP contribution is 2.26. The molecule has 2 aromatic heterocycles. The molecule has 0 saturated carbocycles. The number of amides is 1. The second kappa shape index (κ2) is 5.82. The first-order chi connectivity index (χ1) is 10.3. The van der Waals surface area contributed by atoms with Crippen LogP contribution in [0.15, 0.2) is 51.5 Å². The number of benzene rings is 1. The minimum atomic E-state index is -0.406. The second-order valence-corrected chi connectivity index (χ2v) is 4.44. The van der Waals surface area contributed by atoms with E-state index in [2.05, 4.69) is 5.43 Å². The van der Waals surface area contributed by atoms with Gasteiger partial charge in [0, 0.05) is 5.39 Å². The number of nitrogens with one attached hydrogen (secondary N) is 1. The van der Waals surface area contributed by atoms with Crippen molar-refractivity contribution in [3.63, 3.8) is 0 Å².